The number of aromatic nitrogens is 4. The minimum absolute atomic E-state index is 0.0499. The number of anilines is 1. The van der Waals surface area contributed by atoms with Crippen molar-refractivity contribution in [3.63, 3.8) is 0 Å². The lowest BCUT2D eigenvalue weighted by atomic mass is 10.1. The van der Waals surface area contributed by atoms with Crippen LogP contribution in [-0.2, 0) is 10.0 Å². The number of rotatable bonds is 4. The van der Waals surface area contributed by atoms with Gasteiger partial charge in [0, 0.05) is 11.3 Å². The second-order valence-electron chi connectivity index (χ2n) is 6.17. The van der Waals surface area contributed by atoms with Gasteiger partial charge >= 0.3 is 0 Å². The van der Waals surface area contributed by atoms with Crippen LogP contribution in [0.15, 0.2) is 41.6 Å². The lowest BCUT2D eigenvalue weighted by Gasteiger charge is -2.13. The Labute approximate surface area is 156 Å². The Morgan fingerprint density at radius 1 is 1.11 bits per heavy atom. The maximum Gasteiger partial charge on any atom is 0.255 e. The number of tetrazole rings is 1. The van der Waals surface area contributed by atoms with Gasteiger partial charge in [0.05, 0.1) is 10.6 Å². The van der Waals surface area contributed by atoms with Gasteiger partial charge in [-0.05, 0) is 78.2 Å². The summed E-state index contributed by atoms with van der Waals surface area (Å²) in [4.78, 5) is 12.6. The van der Waals surface area contributed by atoms with Crippen molar-refractivity contribution < 1.29 is 13.2 Å². The highest BCUT2D eigenvalue weighted by atomic mass is 32.2. The molecule has 2 aromatic carbocycles. The van der Waals surface area contributed by atoms with Gasteiger partial charge in [-0.2, -0.15) is 0 Å². The highest BCUT2D eigenvalue weighted by Gasteiger charge is 2.16. The van der Waals surface area contributed by atoms with Gasteiger partial charge in [0.2, 0.25) is 10.0 Å². The summed E-state index contributed by atoms with van der Waals surface area (Å²) in [6.45, 7) is 5.39. The Morgan fingerprint density at radius 2 is 1.85 bits per heavy atom. The van der Waals surface area contributed by atoms with E-state index in [-0.39, 0.29) is 10.8 Å². The molecule has 0 fully saturated rings. The second kappa shape index (κ2) is 6.89. The van der Waals surface area contributed by atoms with Gasteiger partial charge in [0.1, 0.15) is 6.33 Å². The smallest absolute Gasteiger partial charge is 0.255 e. The van der Waals surface area contributed by atoms with E-state index in [1.54, 1.807) is 32.0 Å². The van der Waals surface area contributed by atoms with Crippen molar-refractivity contribution >= 4 is 21.6 Å². The fraction of sp³-hybridized carbons (Fsp3) is 0.176. The first-order valence-corrected chi connectivity index (χ1v) is 9.51. The van der Waals surface area contributed by atoms with Gasteiger partial charge in [0.15, 0.2) is 0 Å². The fourth-order valence-corrected chi connectivity index (χ4v) is 3.26. The molecule has 3 N–H and O–H groups in total. The molecule has 0 spiro atoms. The molecular formula is C17H18N6O3S. The topological polar surface area (TPSA) is 133 Å². The molecular weight excluding hydrogens is 368 g/mol. The Morgan fingerprint density at radius 3 is 2.44 bits per heavy atom. The van der Waals surface area contributed by atoms with Crippen molar-refractivity contribution in [3.8, 4) is 5.69 Å². The first-order chi connectivity index (χ1) is 12.7. The summed E-state index contributed by atoms with van der Waals surface area (Å²) < 4.78 is 24.8. The van der Waals surface area contributed by atoms with E-state index in [2.05, 4.69) is 20.8 Å². The molecule has 1 amide bonds. The number of nitrogens with zero attached hydrogens (tertiary/aromatic N) is 4. The van der Waals surface area contributed by atoms with Crippen LogP contribution < -0.4 is 10.5 Å². The predicted molar refractivity (Wildman–Crippen MR) is 99.1 cm³/mol. The molecule has 0 bridgehead atoms. The minimum Gasteiger partial charge on any atom is -0.322 e. The summed E-state index contributed by atoms with van der Waals surface area (Å²) in [5.74, 6) is -0.365. The molecule has 0 saturated carbocycles. The monoisotopic (exact) mass is 386 g/mol. The van der Waals surface area contributed by atoms with E-state index in [0.717, 1.165) is 16.8 Å². The number of amides is 1. The van der Waals surface area contributed by atoms with Crippen molar-refractivity contribution in [2.24, 2.45) is 5.14 Å². The third-order valence-corrected chi connectivity index (χ3v) is 5.17. The number of hydrogen-bond acceptors (Lipinski definition) is 6. The Kier molecular flexibility index (Phi) is 4.77. The molecule has 27 heavy (non-hydrogen) atoms. The van der Waals surface area contributed by atoms with Crippen LogP contribution >= 0.6 is 0 Å². The number of primary sulfonamides is 1. The number of benzene rings is 2. The molecule has 0 radical (unpaired) electrons. The third kappa shape index (κ3) is 3.86. The predicted octanol–water partition coefficient (Wildman–Crippen LogP) is 1.49. The van der Waals surface area contributed by atoms with E-state index in [0.29, 0.717) is 16.8 Å². The van der Waals surface area contributed by atoms with Crippen molar-refractivity contribution in [2.45, 2.75) is 25.7 Å². The molecule has 9 nitrogen and oxygen atoms in total. The van der Waals surface area contributed by atoms with Crippen molar-refractivity contribution in [1.82, 2.24) is 20.2 Å². The molecule has 0 unspecified atom stereocenters. The number of nitrogens with one attached hydrogen (secondary N) is 1. The molecule has 10 heteroatoms. The number of carbonyl (C=O) groups excluding carboxylic acids is 1. The molecule has 0 atom stereocenters. The molecule has 1 aromatic heterocycles. The molecule has 3 aromatic rings. The maximum absolute atomic E-state index is 12.6. The van der Waals surface area contributed by atoms with Crippen molar-refractivity contribution in [1.29, 1.82) is 0 Å². The van der Waals surface area contributed by atoms with Gasteiger partial charge in [-0.25, -0.2) is 18.2 Å². The van der Waals surface area contributed by atoms with E-state index in [9.17, 15) is 13.2 Å². The number of carbonyl (C=O) groups is 1. The largest absolute Gasteiger partial charge is 0.322 e. The zero-order chi connectivity index (χ0) is 19.8. The van der Waals surface area contributed by atoms with Crippen LogP contribution in [0.2, 0.25) is 0 Å². The number of sulfonamides is 1. The van der Waals surface area contributed by atoms with Crippen LogP contribution in [-0.4, -0.2) is 34.5 Å². The van der Waals surface area contributed by atoms with Crippen LogP contribution in [0.1, 0.15) is 27.0 Å². The molecule has 1 heterocycles. The van der Waals surface area contributed by atoms with E-state index < -0.39 is 10.0 Å². The second-order valence-corrected chi connectivity index (χ2v) is 7.73. The van der Waals surface area contributed by atoms with Gasteiger partial charge in [-0.15, -0.1) is 5.10 Å². The highest BCUT2D eigenvalue weighted by molar-refractivity contribution is 7.89. The summed E-state index contributed by atoms with van der Waals surface area (Å²) in [6.07, 6.45) is 1.47. The summed E-state index contributed by atoms with van der Waals surface area (Å²) in [7, 11) is -3.88. The number of nitrogens with two attached hydrogens (primary N) is 1. The quantitative estimate of drug-likeness (QED) is 0.698. The third-order valence-electron chi connectivity index (χ3n) is 4.27. The van der Waals surface area contributed by atoms with Gasteiger partial charge in [-0.1, -0.05) is 0 Å². The summed E-state index contributed by atoms with van der Waals surface area (Å²) in [5, 5.41) is 19.0. The summed E-state index contributed by atoms with van der Waals surface area (Å²) in [5.41, 5.74) is 3.84. The lowest BCUT2D eigenvalue weighted by molar-refractivity contribution is 0.102. The SMILES string of the molecule is Cc1cc(C(=O)Nc2cc(S(N)(=O)=O)cc(C)c2C)ccc1-n1cnnn1. The first kappa shape index (κ1) is 18.7. The average molecular weight is 386 g/mol. The van der Waals surface area contributed by atoms with Crippen molar-refractivity contribution in [2.75, 3.05) is 5.32 Å². The van der Waals surface area contributed by atoms with Crippen LogP contribution in [0.5, 0.6) is 0 Å². The Balaban J connectivity index is 1.92. The summed E-state index contributed by atoms with van der Waals surface area (Å²) >= 11 is 0. The molecule has 0 saturated heterocycles. The lowest BCUT2D eigenvalue weighted by Crippen LogP contribution is -2.16. The zero-order valence-electron chi connectivity index (χ0n) is 15.0. The zero-order valence-corrected chi connectivity index (χ0v) is 15.8. The molecule has 140 valence electrons. The Bertz CT molecular complexity index is 1120. The highest BCUT2D eigenvalue weighted by Crippen LogP contribution is 2.24. The first-order valence-electron chi connectivity index (χ1n) is 7.96. The van der Waals surface area contributed by atoms with Gasteiger partial charge in [-0.3, -0.25) is 4.79 Å². The van der Waals surface area contributed by atoms with Crippen LogP contribution in [0, 0.1) is 20.8 Å². The Hall–Kier alpha value is -3.11. The normalized spacial score (nSPS) is 11.4. The fourth-order valence-electron chi connectivity index (χ4n) is 2.64. The van der Waals surface area contributed by atoms with E-state index >= 15 is 0 Å². The van der Waals surface area contributed by atoms with E-state index in [1.165, 1.54) is 23.1 Å². The molecule has 3 rings (SSSR count). The van der Waals surface area contributed by atoms with Crippen LogP contribution in [0.4, 0.5) is 5.69 Å². The van der Waals surface area contributed by atoms with Gasteiger partial charge in [0.25, 0.3) is 5.91 Å². The number of hydrogen-bond donors (Lipinski definition) is 2. The minimum atomic E-state index is -3.88. The van der Waals surface area contributed by atoms with E-state index in [4.69, 9.17) is 5.14 Å². The van der Waals surface area contributed by atoms with Crippen molar-refractivity contribution in [3.05, 3.63) is 58.9 Å². The molecule has 0 aliphatic rings. The molecule has 0 aliphatic heterocycles. The van der Waals surface area contributed by atoms with Crippen LogP contribution in [0.25, 0.3) is 5.69 Å². The number of aryl methyl sites for hydroxylation is 2. The average Bonchev–Trinajstić information content (AvgIpc) is 3.11. The van der Waals surface area contributed by atoms with E-state index in [1.807, 2.05) is 6.92 Å². The molecule has 0 aliphatic carbocycles. The standard InChI is InChI=1S/C17H18N6O3S/c1-10-7-14(27(18,25)26)8-15(12(10)3)20-17(24)13-4-5-16(11(2)6-13)23-9-19-21-22-23/h4-9H,1-3H3,(H,20,24)(H2,18,25,26). The van der Waals surface area contributed by atoms with Gasteiger partial charge < -0.3 is 5.32 Å². The maximum atomic E-state index is 12.6. The van der Waals surface area contributed by atoms with Crippen LogP contribution in [0.3, 0.4) is 0 Å². The summed E-state index contributed by atoms with van der Waals surface area (Å²) in [6, 6.07) is 7.92.